The second kappa shape index (κ2) is 6.85. The van der Waals surface area contributed by atoms with E-state index in [1.165, 1.54) is 4.88 Å². The van der Waals surface area contributed by atoms with Crippen LogP contribution in [0.25, 0.3) is 0 Å². The zero-order valence-corrected chi connectivity index (χ0v) is 12.3. The lowest BCUT2D eigenvalue weighted by Crippen LogP contribution is -2.45. The predicted molar refractivity (Wildman–Crippen MR) is 75.4 cm³/mol. The van der Waals surface area contributed by atoms with Crippen LogP contribution in [0.15, 0.2) is 6.20 Å². The first-order valence-electron chi connectivity index (χ1n) is 6.53. The third kappa shape index (κ3) is 3.29. The molecule has 0 aliphatic rings. The van der Waals surface area contributed by atoms with Crippen molar-refractivity contribution < 1.29 is 4.79 Å². The maximum absolute atomic E-state index is 12.2. The minimum absolute atomic E-state index is 0.0447. The Hall–Kier alpha value is -0.940. The Morgan fingerprint density at radius 1 is 1.44 bits per heavy atom. The summed E-state index contributed by atoms with van der Waals surface area (Å²) in [6.07, 6.45) is 4.40. The van der Waals surface area contributed by atoms with E-state index in [0.29, 0.717) is 13.1 Å². The van der Waals surface area contributed by atoms with Gasteiger partial charge in [0, 0.05) is 17.6 Å². The quantitative estimate of drug-likeness (QED) is 0.796. The minimum Gasteiger partial charge on any atom is -0.349 e. The maximum Gasteiger partial charge on any atom is 0.227 e. The van der Waals surface area contributed by atoms with Crippen molar-refractivity contribution >= 4 is 17.2 Å². The van der Waals surface area contributed by atoms with E-state index in [-0.39, 0.29) is 5.91 Å². The summed E-state index contributed by atoms with van der Waals surface area (Å²) < 4.78 is 0. The van der Waals surface area contributed by atoms with E-state index in [1.807, 2.05) is 20.0 Å². The highest BCUT2D eigenvalue weighted by molar-refractivity contribution is 7.11. The average molecular weight is 269 g/mol. The summed E-state index contributed by atoms with van der Waals surface area (Å²) in [5, 5.41) is 3.92. The van der Waals surface area contributed by atoms with Crippen molar-refractivity contribution in [2.24, 2.45) is 11.1 Å². The van der Waals surface area contributed by atoms with Crippen LogP contribution in [0.1, 0.15) is 43.5 Å². The Bertz CT molecular complexity index is 377. The van der Waals surface area contributed by atoms with E-state index >= 15 is 0 Å². The van der Waals surface area contributed by atoms with Crippen molar-refractivity contribution in [3.05, 3.63) is 16.1 Å². The molecule has 5 heteroatoms. The summed E-state index contributed by atoms with van der Waals surface area (Å²) in [6.45, 7) is 7.02. The molecule has 1 aromatic rings. The number of nitrogens with one attached hydrogen (secondary N) is 1. The van der Waals surface area contributed by atoms with E-state index < -0.39 is 5.41 Å². The standard InChI is InChI=1S/C13H23N3OS/c1-4-10-7-15-11(18-10)8-16-12(17)13(5-2,6-3)9-14/h7H,4-6,8-9,14H2,1-3H3,(H,16,17). The van der Waals surface area contributed by atoms with Gasteiger partial charge in [0.1, 0.15) is 5.01 Å². The van der Waals surface area contributed by atoms with Gasteiger partial charge >= 0.3 is 0 Å². The van der Waals surface area contributed by atoms with Gasteiger partial charge in [0.05, 0.1) is 12.0 Å². The molecule has 1 aromatic heterocycles. The van der Waals surface area contributed by atoms with Gasteiger partial charge < -0.3 is 11.1 Å². The fourth-order valence-corrected chi connectivity index (χ4v) is 2.69. The molecule has 0 bridgehead atoms. The van der Waals surface area contributed by atoms with Gasteiger partial charge in [0.15, 0.2) is 0 Å². The number of carbonyl (C=O) groups is 1. The first-order chi connectivity index (χ1) is 8.61. The van der Waals surface area contributed by atoms with Crippen LogP contribution in [0.5, 0.6) is 0 Å². The van der Waals surface area contributed by atoms with E-state index in [9.17, 15) is 4.79 Å². The van der Waals surface area contributed by atoms with Gasteiger partial charge in [0.2, 0.25) is 5.91 Å². The molecule has 0 saturated heterocycles. The molecule has 0 aromatic carbocycles. The molecule has 102 valence electrons. The Morgan fingerprint density at radius 2 is 2.11 bits per heavy atom. The van der Waals surface area contributed by atoms with Crippen LogP contribution in [0, 0.1) is 5.41 Å². The highest BCUT2D eigenvalue weighted by Crippen LogP contribution is 2.25. The second-order valence-electron chi connectivity index (χ2n) is 4.45. The summed E-state index contributed by atoms with van der Waals surface area (Å²) in [6, 6.07) is 0. The van der Waals surface area contributed by atoms with E-state index in [0.717, 1.165) is 24.3 Å². The molecule has 3 N–H and O–H groups in total. The number of rotatable bonds is 7. The molecular weight excluding hydrogens is 246 g/mol. The summed E-state index contributed by atoms with van der Waals surface area (Å²) in [5.74, 6) is 0.0447. The zero-order chi connectivity index (χ0) is 13.6. The zero-order valence-electron chi connectivity index (χ0n) is 11.5. The molecule has 1 heterocycles. The number of thiazole rings is 1. The summed E-state index contributed by atoms with van der Waals surface area (Å²) in [5.41, 5.74) is 5.32. The molecular formula is C13H23N3OS. The molecule has 1 amide bonds. The largest absolute Gasteiger partial charge is 0.349 e. The van der Waals surface area contributed by atoms with Crippen molar-refractivity contribution in [2.45, 2.75) is 46.6 Å². The highest BCUT2D eigenvalue weighted by Gasteiger charge is 2.33. The molecule has 0 aliphatic carbocycles. The van der Waals surface area contributed by atoms with Crippen LogP contribution >= 0.6 is 11.3 Å². The molecule has 0 atom stereocenters. The molecule has 1 rings (SSSR count). The van der Waals surface area contributed by atoms with Crippen LogP contribution < -0.4 is 11.1 Å². The number of carbonyl (C=O) groups excluding carboxylic acids is 1. The molecule has 0 unspecified atom stereocenters. The van der Waals surface area contributed by atoms with Crippen molar-refractivity contribution in [2.75, 3.05) is 6.54 Å². The van der Waals surface area contributed by atoms with E-state index in [4.69, 9.17) is 5.73 Å². The van der Waals surface area contributed by atoms with Crippen LogP contribution in [0.3, 0.4) is 0 Å². The molecule has 0 radical (unpaired) electrons. The lowest BCUT2D eigenvalue weighted by molar-refractivity contribution is -0.131. The molecule has 4 nitrogen and oxygen atoms in total. The molecule has 0 fully saturated rings. The van der Waals surface area contributed by atoms with Gasteiger partial charge in [-0.05, 0) is 19.3 Å². The van der Waals surface area contributed by atoms with Crippen LogP contribution in [-0.2, 0) is 17.8 Å². The molecule has 0 spiro atoms. The van der Waals surface area contributed by atoms with Gasteiger partial charge in [-0.1, -0.05) is 20.8 Å². The molecule has 0 saturated carbocycles. The van der Waals surface area contributed by atoms with Crippen molar-refractivity contribution in [1.82, 2.24) is 10.3 Å². The van der Waals surface area contributed by atoms with Gasteiger partial charge in [-0.3, -0.25) is 4.79 Å². The second-order valence-corrected chi connectivity index (χ2v) is 5.65. The fraction of sp³-hybridized carbons (Fsp3) is 0.692. The van der Waals surface area contributed by atoms with E-state index in [2.05, 4.69) is 17.2 Å². The summed E-state index contributed by atoms with van der Waals surface area (Å²) in [4.78, 5) is 17.7. The monoisotopic (exact) mass is 269 g/mol. The Balaban J connectivity index is 2.59. The SMILES string of the molecule is CCc1cnc(CNC(=O)C(CC)(CC)CN)s1. The van der Waals surface area contributed by atoms with Crippen LogP contribution in [0.4, 0.5) is 0 Å². The smallest absolute Gasteiger partial charge is 0.227 e. The Labute approximate surface area is 113 Å². The lowest BCUT2D eigenvalue weighted by atomic mass is 9.81. The normalized spacial score (nSPS) is 11.6. The van der Waals surface area contributed by atoms with E-state index in [1.54, 1.807) is 11.3 Å². The number of aryl methyl sites for hydroxylation is 1. The number of aromatic nitrogens is 1. The highest BCUT2D eigenvalue weighted by atomic mass is 32.1. The number of nitrogens with zero attached hydrogens (tertiary/aromatic N) is 1. The maximum atomic E-state index is 12.2. The van der Waals surface area contributed by atoms with Crippen molar-refractivity contribution in [3.63, 3.8) is 0 Å². The lowest BCUT2D eigenvalue weighted by Gasteiger charge is -2.28. The summed E-state index contributed by atoms with van der Waals surface area (Å²) >= 11 is 1.65. The van der Waals surface area contributed by atoms with Gasteiger partial charge in [-0.15, -0.1) is 11.3 Å². The minimum atomic E-state index is -0.426. The topological polar surface area (TPSA) is 68.0 Å². The van der Waals surface area contributed by atoms with Gasteiger partial charge in [-0.25, -0.2) is 4.98 Å². The molecule has 0 aliphatic heterocycles. The number of amides is 1. The van der Waals surface area contributed by atoms with Gasteiger partial charge in [0.25, 0.3) is 0 Å². The number of nitrogens with two attached hydrogens (primary N) is 1. The first kappa shape index (κ1) is 15.1. The van der Waals surface area contributed by atoms with Crippen molar-refractivity contribution in [1.29, 1.82) is 0 Å². The fourth-order valence-electron chi connectivity index (χ4n) is 1.89. The number of hydrogen-bond donors (Lipinski definition) is 2. The predicted octanol–water partition coefficient (Wildman–Crippen LogP) is 2.09. The van der Waals surface area contributed by atoms with Gasteiger partial charge in [-0.2, -0.15) is 0 Å². The Morgan fingerprint density at radius 3 is 2.56 bits per heavy atom. The van der Waals surface area contributed by atoms with Crippen LogP contribution in [0.2, 0.25) is 0 Å². The third-order valence-corrected chi connectivity index (χ3v) is 4.72. The third-order valence-electron chi connectivity index (χ3n) is 3.58. The van der Waals surface area contributed by atoms with Crippen molar-refractivity contribution in [3.8, 4) is 0 Å². The Kier molecular flexibility index (Phi) is 5.75. The molecule has 18 heavy (non-hydrogen) atoms. The first-order valence-corrected chi connectivity index (χ1v) is 7.35. The number of hydrogen-bond acceptors (Lipinski definition) is 4. The average Bonchev–Trinajstić information content (AvgIpc) is 2.87. The summed E-state index contributed by atoms with van der Waals surface area (Å²) in [7, 11) is 0. The van der Waals surface area contributed by atoms with Crippen LogP contribution in [-0.4, -0.2) is 17.4 Å².